The zero-order chi connectivity index (χ0) is 10.6. The van der Waals surface area contributed by atoms with Crippen molar-refractivity contribution in [3.05, 3.63) is 40.4 Å². The van der Waals surface area contributed by atoms with Crippen LogP contribution < -0.4 is 0 Å². The first-order valence-corrected chi connectivity index (χ1v) is 4.12. The number of carboxylic acids is 1. The minimum Gasteiger partial charge on any atom is -0.477 e. The van der Waals surface area contributed by atoms with Crippen LogP contribution in [0.1, 0.15) is 5.56 Å². The van der Waals surface area contributed by atoms with Crippen molar-refractivity contribution in [3.63, 3.8) is 0 Å². The highest BCUT2D eigenvalue weighted by Gasteiger charge is 2.05. The first-order chi connectivity index (χ1) is 6.63. The highest BCUT2D eigenvalue weighted by atomic mass is 35.5. The Balaban J connectivity index is 3.08. The van der Waals surface area contributed by atoms with Crippen molar-refractivity contribution in [3.8, 4) is 6.07 Å². The monoisotopic (exact) mass is 207 g/mol. The second kappa shape index (κ2) is 4.45. The van der Waals surface area contributed by atoms with Crippen LogP contribution in [0, 0.1) is 11.3 Å². The molecule has 1 aromatic rings. The fraction of sp³-hybridized carbons (Fsp3) is 0. The van der Waals surface area contributed by atoms with E-state index in [0.717, 1.165) is 0 Å². The number of carboxylic acid groups (broad SMARTS) is 1. The van der Waals surface area contributed by atoms with Gasteiger partial charge >= 0.3 is 5.97 Å². The molecule has 0 aliphatic rings. The Bertz CT molecular complexity index is 432. The molecule has 0 aromatic heterocycles. The molecule has 1 N–H and O–H groups in total. The summed E-state index contributed by atoms with van der Waals surface area (Å²) in [4.78, 5) is 10.5. The molecule has 1 rings (SSSR count). The summed E-state index contributed by atoms with van der Waals surface area (Å²) in [6.07, 6.45) is 1.27. The molecule has 0 amide bonds. The van der Waals surface area contributed by atoms with Gasteiger partial charge in [-0.2, -0.15) is 5.26 Å². The van der Waals surface area contributed by atoms with E-state index in [9.17, 15) is 4.79 Å². The smallest absolute Gasteiger partial charge is 0.346 e. The van der Waals surface area contributed by atoms with Gasteiger partial charge in [0.2, 0.25) is 0 Å². The largest absolute Gasteiger partial charge is 0.477 e. The second-order valence-electron chi connectivity index (χ2n) is 2.53. The van der Waals surface area contributed by atoms with Crippen molar-refractivity contribution in [1.29, 1.82) is 5.26 Å². The Labute approximate surface area is 85.9 Å². The zero-order valence-corrected chi connectivity index (χ0v) is 7.82. The number of carbonyl (C=O) groups is 1. The number of hydrogen-bond acceptors (Lipinski definition) is 2. The van der Waals surface area contributed by atoms with E-state index in [-0.39, 0.29) is 5.57 Å². The van der Waals surface area contributed by atoms with E-state index in [0.29, 0.717) is 10.6 Å². The van der Waals surface area contributed by atoms with Crippen molar-refractivity contribution in [1.82, 2.24) is 0 Å². The molecule has 14 heavy (non-hydrogen) atoms. The second-order valence-corrected chi connectivity index (χ2v) is 2.97. The van der Waals surface area contributed by atoms with Crippen molar-refractivity contribution < 1.29 is 9.90 Å². The van der Waals surface area contributed by atoms with Crippen LogP contribution in [0.15, 0.2) is 29.8 Å². The first kappa shape index (κ1) is 10.3. The van der Waals surface area contributed by atoms with Gasteiger partial charge in [-0.1, -0.05) is 23.7 Å². The molecule has 0 bridgehead atoms. The molecule has 0 spiro atoms. The fourth-order valence-electron chi connectivity index (χ4n) is 0.905. The molecule has 0 fully saturated rings. The SMILES string of the molecule is N#C/C(=C/c1cccc(Cl)c1)C(=O)O. The Morgan fingerprint density at radius 2 is 2.29 bits per heavy atom. The van der Waals surface area contributed by atoms with Gasteiger partial charge in [0.1, 0.15) is 11.6 Å². The zero-order valence-electron chi connectivity index (χ0n) is 7.07. The first-order valence-electron chi connectivity index (χ1n) is 3.74. The summed E-state index contributed by atoms with van der Waals surface area (Å²) < 4.78 is 0. The van der Waals surface area contributed by atoms with E-state index in [2.05, 4.69) is 0 Å². The van der Waals surface area contributed by atoms with E-state index in [1.807, 2.05) is 0 Å². The van der Waals surface area contributed by atoms with Crippen molar-refractivity contribution >= 4 is 23.6 Å². The van der Waals surface area contributed by atoms with Crippen LogP contribution >= 0.6 is 11.6 Å². The van der Waals surface area contributed by atoms with Gasteiger partial charge in [0.05, 0.1) is 0 Å². The summed E-state index contributed by atoms with van der Waals surface area (Å²) in [6.45, 7) is 0. The van der Waals surface area contributed by atoms with Gasteiger partial charge in [-0.15, -0.1) is 0 Å². The third kappa shape index (κ3) is 2.61. The minimum atomic E-state index is -1.24. The van der Waals surface area contributed by atoms with Crippen LogP contribution in [0.25, 0.3) is 6.08 Å². The normalized spacial score (nSPS) is 10.7. The molecule has 0 heterocycles. The number of benzene rings is 1. The van der Waals surface area contributed by atoms with Gasteiger partial charge in [0.15, 0.2) is 0 Å². The number of nitrogens with zero attached hydrogens (tertiary/aromatic N) is 1. The third-order valence-electron chi connectivity index (χ3n) is 1.51. The van der Waals surface area contributed by atoms with Crippen LogP contribution in [0.2, 0.25) is 5.02 Å². The van der Waals surface area contributed by atoms with E-state index in [1.54, 1.807) is 30.3 Å². The van der Waals surface area contributed by atoms with E-state index >= 15 is 0 Å². The summed E-state index contributed by atoms with van der Waals surface area (Å²) in [6, 6.07) is 8.20. The van der Waals surface area contributed by atoms with Crippen molar-refractivity contribution in [2.24, 2.45) is 0 Å². The average Bonchev–Trinajstić information content (AvgIpc) is 2.14. The van der Waals surface area contributed by atoms with Crippen LogP contribution in [0.3, 0.4) is 0 Å². The van der Waals surface area contributed by atoms with E-state index in [4.69, 9.17) is 22.0 Å². The number of rotatable bonds is 2. The lowest BCUT2D eigenvalue weighted by Gasteiger charge is -1.94. The van der Waals surface area contributed by atoms with Gasteiger partial charge in [0, 0.05) is 5.02 Å². The lowest BCUT2D eigenvalue weighted by molar-refractivity contribution is -0.132. The highest BCUT2D eigenvalue weighted by molar-refractivity contribution is 6.30. The van der Waals surface area contributed by atoms with Crippen LogP contribution in [-0.4, -0.2) is 11.1 Å². The lowest BCUT2D eigenvalue weighted by atomic mass is 10.1. The fourth-order valence-corrected chi connectivity index (χ4v) is 1.10. The number of halogens is 1. The Morgan fingerprint density at radius 1 is 1.57 bits per heavy atom. The molecule has 70 valence electrons. The molecule has 0 aliphatic carbocycles. The molecule has 4 heteroatoms. The molecule has 3 nitrogen and oxygen atoms in total. The Hall–Kier alpha value is -1.79. The van der Waals surface area contributed by atoms with Crippen molar-refractivity contribution in [2.75, 3.05) is 0 Å². The topological polar surface area (TPSA) is 61.1 Å². The number of nitriles is 1. The molecular weight excluding hydrogens is 202 g/mol. The quantitative estimate of drug-likeness (QED) is 0.598. The Morgan fingerprint density at radius 3 is 2.79 bits per heavy atom. The van der Waals surface area contributed by atoms with E-state index < -0.39 is 5.97 Å². The van der Waals surface area contributed by atoms with Gasteiger partial charge in [-0.25, -0.2) is 4.79 Å². The predicted octanol–water partition coefficient (Wildman–Crippen LogP) is 2.33. The van der Waals surface area contributed by atoms with Gasteiger partial charge in [-0.05, 0) is 23.8 Å². The summed E-state index contributed by atoms with van der Waals surface area (Å²) in [5.74, 6) is -1.24. The summed E-state index contributed by atoms with van der Waals surface area (Å²) in [7, 11) is 0. The van der Waals surface area contributed by atoms with Gasteiger partial charge in [0.25, 0.3) is 0 Å². The number of aliphatic carboxylic acids is 1. The maximum atomic E-state index is 10.5. The van der Waals surface area contributed by atoms with Crippen LogP contribution in [0.5, 0.6) is 0 Å². The maximum absolute atomic E-state index is 10.5. The molecule has 0 aliphatic heterocycles. The molecule has 0 unspecified atom stereocenters. The summed E-state index contributed by atoms with van der Waals surface area (Å²) >= 11 is 5.69. The van der Waals surface area contributed by atoms with Crippen molar-refractivity contribution in [2.45, 2.75) is 0 Å². The highest BCUT2D eigenvalue weighted by Crippen LogP contribution is 2.13. The Kier molecular flexibility index (Phi) is 3.27. The summed E-state index contributed by atoms with van der Waals surface area (Å²) in [5.41, 5.74) is 0.281. The third-order valence-corrected chi connectivity index (χ3v) is 1.75. The molecule has 0 radical (unpaired) electrons. The molecular formula is C10H6ClNO2. The minimum absolute atomic E-state index is 0.313. The molecule has 0 saturated heterocycles. The van der Waals surface area contributed by atoms with E-state index in [1.165, 1.54) is 6.08 Å². The lowest BCUT2D eigenvalue weighted by Crippen LogP contribution is -1.97. The molecule has 0 atom stereocenters. The molecule has 1 aromatic carbocycles. The van der Waals surface area contributed by atoms with Gasteiger partial charge in [-0.3, -0.25) is 0 Å². The number of hydrogen-bond donors (Lipinski definition) is 1. The van der Waals surface area contributed by atoms with Gasteiger partial charge < -0.3 is 5.11 Å². The summed E-state index contributed by atoms with van der Waals surface area (Å²) in [5, 5.41) is 17.6. The standard InChI is InChI=1S/C10H6ClNO2/c11-9-3-1-2-7(5-9)4-8(6-12)10(13)14/h1-5H,(H,13,14)/b8-4-. The molecule has 0 saturated carbocycles. The van der Waals surface area contributed by atoms with Crippen LogP contribution in [-0.2, 0) is 4.79 Å². The average molecular weight is 208 g/mol. The van der Waals surface area contributed by atoms with Crippen LogP contribution in [0.4, 0.5) is 0 Å². The predicted molar refractivity (Wildman–Crippen MR) is 52.7 cm³/mol. The maximum Gasteiger partial charge on any atom is 0.346 e.